The summed E-state index contributed by atoms with van der Waals surface area (Å²) in [7, 11) is 0. The fraction of sp³-hybridized carbons (Fsp3) is 0.0625. The fourth-order valence-electron chi connectivity index (χ4n) is 2.40. The van der Waals surface area contributed by atoms with Crippen LogP contribution in [-0.2, 0) is 0 Å². The first kappa shape index (κ1) is 14.1. The van der Waals surface area contributed by atoms with Gasteiger partial charge in [-0.1, -0.05) is 6.07 Å². The molecule has 4 aromatic heterocycles. The predicted octanol–water partition coefficient (Wildman–Crippen LogP) is 2.08. The van der Waals surface area contributed by atoms with Gasteiger partial charge in [0.1, 0.15) is 11.3 Å². The second-order valence-corrected chi connectivity index (χ2v) is 5.22. The molecule has 1 amide bonds. The molecule has 0 aromatic carbocycles. The van der Waals surface area contributed by atoms with E-state index in [2.05, 4.69) is 30.6 Å². The summed E-state index contributed by atoms with van der Waals surface area (Å²) in [6.45, 7) is 1.87. The van der Waals surface area contributed by atoms with Crippen LogP contribution in [0, 0.1) is 6.92 Å². The summed E-state index contributed by atoms with van der Waals surface area (Å²) >= 11 is 0. The third kappa shape index (κ3) is 2.39. The SMILES string of the molecule is Cc1ccn2ncc(C(=O)Nc3cn[nH]c3-c3ccccn3)c2n1. The van der Waals surface area contributed by atoms with E-state index in [1.165, 1.54) is 6.20 Å². The van der Waals surface area contributed by atoms with Crippen LogP contribution < -0.4 is 5.32 Å². The minimum atomic E-state index is -0.304. The molecule has 0 atom stereocenters. The third-order valence-electron chi connectivity index (χ3n) is 3.56. The predicted molar refractivity (Wildman–Crippen MR) is 87.5 cm³/mol. The number of fused-ring (bicyclic) bond motifs is 1. The average molecular weight is 319 g/mol. The minimum absolute atomic E-state index is 0.304. The van der Waals surface area contributed by atoms with Crippen molar-refractivity contribution in [3.8, 4) is 11.4 Å². The quantitative estimate of drug-likeness (QED) is 0.602. The highest BCUT2D eigenvalue weighted by molar-refractivity contribution is 6.09. The first-order valence-corrected chi connectivity index (χ1v) is 7.29. The Kier molecular flexibility index (Phi) is 3.27. The largest absolute Gasteiger partial charge is 0.319 e. The molecular formula is C16H13N7O. The van der Waals surface area contributed by atoms with Gasteiger partial charge in [-0.2, -0.15) is 10.2 Å². The van der Waals surface area contributed by atoms with Gasteiger partial charge in [0.05, 0.1) is 23.8 Å². The molecule has 24 heavy (non-hydrogen) atoms. The van der Waals surface area contributed by atoms with Crippen molar-refractivity contribution >= 4 is 17.2 Å². The van der Waals surface area contributed by atoms with Crippen LogP contribution in [0.1, 0.15) is 16.1 Å². The zero-order valence-electron chi connectivity index (χ0n) is 12.8. The van der Waals surface area contributed by atoms with Gasteiger partial charge in [-0.25, -0.2) is 9.50 Å². The molecule has 0 unspecified atom stereocenters. The molecule has 4 rings (SSSR count). The van der Waals surface area contributed by atoms with Gasteiger partial charge in [-0.15, -0.1) is 0 Å². The van der Waals surface area contributed by atoms with Crippen LogP contribution in [0.3, 0.4) is 0 Å². The van der Waals surface area contributed by atoms with E-state index in [1.807, 2.05) is 31.2 Å². The highest BCUT2D eigenvalue weighted by Crippen LogP contribution is 2.24. The Balaban J connectivity index is 1.68. The van der Waals surface area contributed by atoms with Crippen LogP contribution in [0.25, 0.3) is 17.0 Å². The molecule has 4 heterocycles. The third-order valence-corrected chi connectivity index (χ3v) is 3.56. The Labute approximate surface area is 136 Å². The average Bonchev–Trinajstić information content (AvgIpc) is 3.22. The van der Waals surface area contributed by atoms with Crippen LogP contribution in [0.2, 0.25) is 0 Å². The van der Waals surface area contributed by atoms with Crippen molar-refractivity contribution in [2.45, 2.75) is 6.92 Å². The summed E-state index contributed by atoms with van der Waals surface area (Å²) in [5, 5.41) is 13.8. The molecule has 8 heteroatoms. The molecule has 0 fully saturated rings. The molecule has 0 aliphatic heterocycles. The molecule has 4 aromatic rings. The second-order valence-electron chi connectivity index (χ2n) is 5.22. The molecule has 0 spiro atoms. The standard InChI is InChI=1S/C16H13N7O/c1-10-5-7-23-15(20-10)11(8-19-23)16(24)21-13-9-18-22-14(13)12-4-2-3-6-17-12/h2-9H,1H3,(H,18,22)(H,21,24). The van der Waals surface area contributed by atoms with Crippen LogP contribution in [0.4, 0.5) is 5.69 Å². The van der Waals surface area contributed by atoms with Crippen molar-refractivity contribution in [2.75, 3.05) is 5.32 Å². The molecule has 0 bridgehead atoms. The number of rotatable bonds is 3. The van der Waals surface area contributed by atoms with E-state index in [-0.39, 0.29) is 5.91 Å². The number of pyridine rings is 1. The normalized spacial score (nSPS) is 10.9. The Morgan fingerprint density at radius 2 is 2.17 bits per heavy atom. The lowest BCUT2D eigenvalue weighted by atomic mass is 10.2. The lowest BCUT2D eigenvalue weighted by molar-refractivity contribution is 0.102. The van der Waals surface area contributed by atoms with E-state index in [1.54, 1.807) is 23.1 Å². The maximum absolute atomic E-state index is 12.6. The van der Waals surface area contributed by atoms with E-state index in [4.69, 9.17) is 0 Å². The fourth-order valence-corrected chi connectivity index (χ4v) is 2.40. The van der Waals surface area contributed by atoms with Crippen LogP contribution >= 0.6 is 0 Å². The van der Waals surface area contributed by atoms with Crippen molar-refractivity contribution in [1.29, 1.82) is 0 Å². The van der Waals surface area contributed by atoms with E-state index in [9.17, 15) is 4.79 Å². The summed E-state index contributed by atoms with van der Waals surface area (Å²) in [4.78, 5) is 21.2. The van der Waals surface area contributed by atoms with Gasteiger partial charge in [0.15, 0.2) is 5.65 Å². The smallest absolute Gasteiger partial charge is 0.261 e. The summed E-state index contributed by atoms with van der Waals surface area (Å²) in [6.07, 6.45) is 6.50. The number of carbonyl (C=O) groups excluding carboxylic acids is 1. The number of nitrogens with zero attached hydrogens (tertiary/aromatic N) is 5. The van der Waals surface area contributed by atoms with Crippen molar-refractivity contribution in [3.63, 3.8) is 0 Å². The van der Waals surface area contributed by atoms with Gasteiger partial charge in [0.2, 0.25) is 0 Å². The summed E-state index contributed by atoms with van der Waals surface area (Å²) in [5.41, 5.74) is 3.60. The number of aromatic nitrogens is 6. The summed E-state index contributed by atoms with van der Waals surface area (Å²) in [5.74, 6) is -0.304. The molecule has 0 radical (unpaired) electrons. The minimum Gasteiger partial charge on any atom is -0.319 e. The van der Waals surface area contributed by atoms with Gasteiger partial charge in [-0.05, 0) is 25.1 Å². The summed E-state index contributed by atoms with van der Waals surface area (Å²) < 4.78 is 1.57. The van der Waals surface area contributed by atoms with Gasteiger partial charge in [0.25, 0.3) is 5.91 Å². The van der Waals surface area contributed by atoms with E-state index in [0.717, 1.165) is 5.69 Å². The molecule has 0 aliphatic carbocycles. The summed E-state index contributed by atoms with van der Waals surface area (Å²) in [6, 6.07) is 7.36. The molecule has 2 N–H and O–H groups in total. The van der Waals surface area contributed by atoms with Crippen LogP contribution in [0.15, 0.2) is 49.1 Å². The Hall–Kier alpha value is -3.55. The number of H-pyrrole nitrogens is 1. The molecule has 0 aliphatic rings. The first-order valence-electron chi connectivity index (χ1n) is 7.29. The zero-order chi connectivity index (χ0) is 16.5. The van der Waals surface area contributed by atoms with Crippen molar-refractivity contribution < 1.29 is 4.79 Å². The Morgan fingerprint density at radius 3 is 3.00 bits per heavy atom. The number of amides is 1. The topological polar surface area (TPSA) is 101 Å². The maximum atomic E-state index is 12.6. The number of hydrogen-bond acceptors (Lipinski definition) is 5. The number of carbonyl (C=O) groups is 1. The van der Waals surface area contributed by atoms with Crippen LogP contribution in [-0.4, -0.2) is 35.7 Å². The number of hydrogen-bond donors (Lipinski definition) is 2. The number of aromatic amines is 1. The van der Waals surface area contributed by atoms with E-state index in [0.29, 0.717) is 28.3 Å². The van der Waals surface area contributed by atoms with Gasteiger partial charge in [0, 0.05) is 18.1 Å². The van der Waals surface area contributed by atoms with Gasteiger partial charge >= 0.3 is 0 Å². The molecule has 8 nitrogen and oxygen atoms in total. The van der Waals surface area contributed by atoms with Crippen LogP contribution in [0.5, 0.6) is 0 Å². The van der Waals surface area contributed by atoms with Crippen molar-refractivity contribution in [1.82, 2.24) is 29.8 Å². The molecule has 0 saturated heterocycles. The molecule has 0 saturated carbocycles. The van der Waals surface area contributed by atoms with E-state index >= 15 is 0 Å². The van der Waals surface area contributed by atoms with Gasteiger partial charge in [-0.3, -0.25) is 14.9 Å². The Bertz CT molecular complexity index is 1020. The number of aryl methyl sites for hydroxylation is 1. The monoisotopic (exact) mass is 319 g/mol. The highest BCUT2D eigenvalue weighted by Gasteiger charge is 2.17. The lowest BCUT2D eigenvalue weighted by Crippen LogP contribution is -2.12. The maximum Gasteiger partial charge on any atom is 0.261 e. The number of nitrogens with one attached hydrogen (secondary N) is 2. The first-order chi connectivity index (χ1) is 11.7. The molecule has 118 valence electrons. The lowest BCUT2D eigenvalue weighted by Gasteiger charge is -2.04. The Morgan fingerprint density at radius 1 is 1.25 bits per heavy atom. The van der Waals surface area contributed by atoms with E-state index < -0.39 is 0 Å². The number of anilines is 1. The second kappa shape index (κ2) is 5.58. The highest BCUT2D eigenvalue weighted by atomic mass is 16.1. The van der Waals surface area contributed by atoms with Gasteiger partial charge < -0.3 is 5.32 Å². The zero-order valence-corrected chi connectivity index (χ0v) is 12.8. The van der Waals surface area contributed by atoms with Crippen molar-refractivity contribution in [3.05, 3.63) is 60.3 Å². The molecular weight excluding hydrogens is 306 g/mol. The van der Waals surface area contributed by atoms with Crippen molar-refractivity contribution in [2.24, 2.45) is 0 Å².